The molecule has 1 aromatic heterocycles. The van der Waals surface area contributed by atoms with Crippen LogP contribution in [-0.2, 0) is 27.3 Å². The first-order valence-electron chi connectivity index (χ1n) is 9.62. The largest absolute Gasteiger partial charge is 0.478 e. The lowest BCUT2D eigenvalue weighted by atomic mass is 9.89. The van der Waals surface area contributed by atoms with Crippen LogP contribution in [0.3, 0.4) is 0 Å². The highest BCUT2D eigenvalue weighted by Gasteiger charge is 2.32. The molecule has 12 heteroatoms. The van der Waals surface area contributed by atoms with Gasteiger partial charge in [0.1, 0.15) is 17.2 Å². The number of hydrogen-bond acceptors (Lipinski definition) is 7. The fourth-order valence-corrected chi connectivity index (χ4v) is 3.62. The van der Waals surface area contributed by atoms with Crippen LogP contribution in [0.5, 0.6) is 0 Å². The van der Waals surface area contributed by atoms with Gasteiger partial charge in [0.2, 0.25) is 11.8 Å². The summed E-state index contributed by atoms with van der Waals surface area (Å²) in [6, 6.07) is 9.91. The first kappa shape index (κ1) is 25.2. The molecule has 2 amide bonds. The van der Waals surface area contributed by atoms with E-state index in [0.717, 1.165) is 17.0 Å². The number of nitrogens with one attached hydrogen (secondary N) is 4. The van der Waals surface area contributed by atoms with E-state index in [2.05, 4.69) is 10.6 Å². The van der Waals surface area contributed by atoms with Gasteiger partial charge in [-0.1, -0.05) is 18.2 Å². The van der Waals surface area contributed by atoms with E-state index in [9.17, 15) is 14.4 Å². The number of nitrogen functional groups attached to an aromatic ring is 2. The molecule has 0 fully saturated rings. The number of carboxylic acids is 1. The van der Waals surface area contributed by atoms with E-state index in [-0.39, 0.29) is 31.2 Å². The molecule has 33 heavy (non-hydrogen) atoms. The van der Waals surface area contributed by atoms with Gasteiger partial charge in [-0.15, -0.1) is 11.3 Å². The van der Waals surface area contributed by atoms with E-state index >= 15 is 0 Å². The minimum atomic E-state index is -1.77. The molecule has 0 aliphatic carbocycles. The lowest BCUT2D eigenvalue weighted by Crippen LogP contribution is -2.55. The van der Waals surface area contributed by atoms with Crippen molar-refractivity contribution in [2.24, 2.45) is 17.2 Å². The Morgan fingerprint density at radius 2 is 1.82 bits per heavy atom. The number of amidine groups is 2. The number of amides is 2. The maximum absolute atomic E-state index is 12.8. The fraction of sp³-hybridized carbons (Fsp3) is 0.190. The van der Waals surface area contributed by atoms with Crippen LogP contribution in [0, 0.1) is 10.8 Å². The third kappa shape index (κ3) is 7.55. The first-order chi connectivity index (χ1) is 15.5. The molecule has 2 rings (SSSR count). The summed E-state index contributed by atoms with van der Waals surface area (Å²) in [5.74, 6) is -2.74. The average Bonchev–Trinajstić information content (AvgIpc) is 3.24. The highest BCUT2D eigenvalue weighted by Crippen LogP contribution is 2.16. The maximum Gasteiger partial charge on any atom is 0.328 e. The molecule has 174 valence electrons. The molecule has 0 radical (unpaired) electrons. The molecule has 11 N–H and O–H groups in total. The molecule has 0 saturated carbocycles. The van der Waals surface area contributed by atoms with Gasteiger partial charge in [-0.25, -0.2) is 4.79 Å². The van der Waals surface area contributed by atoms with Crippen molar-refractivity contribution in [1.29, 1.82) is 10.8 Å². The van der Waals surface area contributed by atoms with E-state index in [0.29, 0.717) is 16.0 Å². The molecular formula is C21H25N7O4S. The molecule has 1 heterocycles. The second-order valence-electron chi connectivity index (χ2n) is 7.14. The zero-order valence-electron chi connectivity index (χ0n) is 17.6. The number of carbonyl (C=O) groups excluding carboxylic acids is 2. The van der Waals surface area contributed by atoms with E-state index in [4.69, 9.17) is 33.1 Å². The molecule has 1 aromatic carbocycles. The molecule has 11 nitrogen and oxygen atoms in total. The Morgan fingerprint density at radius 1 is 1.09 bits per heavy atom. The second kappa shape index (κ2) is 11.0. The van der Waals surface area contributed by atoms with Gasteiger partial charge < -0.3 is 32.9 Å². The van der Waals surface area contributed by atoms with Gasteiger partial charge in [0, 0.05) is 22.9 Å². The molecule has 0 bridgehead atoms. The number of aliphatic carboxylic acids is 1. The number of carbonyl (C=O) groups is 3. The summed E-state index contributed by atoms with van der Waals surface area (Å²) < 4.78 is 0. The summed E-state index contributed by atoms with van der Waals surface area (Å²) in [5.41, 5.74) is 16.3. The number of rotatable bonds is 11. The van der Waals surface area contributed by atoms with Crippen LogP contribution >= 0.6 is 11.3 Å². The Hall–Kier alpha value is -4.03. The van der Waals surface area contributed by atoms with Crippen LogP contribution in [0.1, 0.15) is 20.9 Å². The number of nitrogens with two attached hydrogens (primary N) is 3. The van der Waals surface area contributed by atoms with Gasteiger partial charge in [-0.05, 0) is 29.8 Å². The molecule has 0 spiro atoms. The van der Waals surface area contributed by atoms with Crippen molar-refractivity contribution < 1.29 is 19.5 Å². The van der Waals surface area contributed by atoms with E-state index in [1.54, 1.807) is 36.4 Å². The minimum Gasteiger partial charge on any atom is -0.478 e. The van der Waals surface area contributed by atoms with Gasteiger partial charge in [0.15, 0.2) is 0 Å². The van der Waals surface area contributed by atoms with Crippen molar-refractivity contribution in [2.75, 3.05) is 6.54 Å². The Kier molecular flexibility index (Phi) is 8.42. The van der Waals surface area contributed by atoms with Gasteiger partial charge in [0.05, 0.1) is 18.0 Å². The summed E-state index contributed by atoms with van der Waals surface area (Å²) in [4.78, 5) is 37.3. The van der Waals surface area contributed by atoms with E-state index in [1.807, 2.05) is 0 Å². The van der Waals surface area contributed by atoms with Crippen LogP contribution in [0.15, 0.2) is 48.6 Å². The number of carboxylic acid groups (broad SMARTS) is 1. The Morgan fingerprint density at radius 3 is 2.42 bits per heavy atom. The Bertz CT molecular complexity index is 1110. The summed E-state index contributed by atoms with van der Waals surface area (Å²) in [6.45, 7) is -0.186. The first-order valence-corrected chi connectivity index (χ1v) is 10.4. The molecular weight excluding hydrogens is 446 g/mol. The zero-order chi connectivity index (χ0) is 24.6. The van der Waals surface area contributed by atoms with Crippen LogP contribution in [-0.4, -0.2) is 46.6 Å². The summed E-state index contributed by atoms with van der Waals surface area (Å²) in [5, 5.41) is 29.0. The number of thiophene rings is 1. The number of benzene rings is 1. The van der Waals surface area contributed by atoms with Gasteiger partial charge in [-0.2, -0.15) is 0 Å². The third-order valence-corrected chi connectivity index (χ3v) is 5.60. The standard InChI is InChI=1S/C21H25N7O4S/c22-18(23)13-3-1-2-12(8-13)9-21(26,7-6-17(30)31)20(32)28-11-16(29)27-10-14-4-5-15(33-14)19(24)25/h1-8H,9-11,26H2,(H3,22,23)(H3,24,25)(H,27,29)(H,28,32)(H,30,31)/b7-6+/t21-/m0/s1. The fourth-order valence-electron chi connectivity index (χ4n) is 2.81. The Labute approximate surface area is 193 Å². The highest BCUT2D eigenvalue weighted by molar-refractivity contribution is 7.14. The minimum absolute atomic E-state index is 0.0626. The predicted octanol–water partition coefficient (Wildman–Crippen LogP) is -0.370. The normalized spacial score (nSPS) is 12.6. The van der Waals surface area contributed by atoms with Crippen molar-refractivity contribution in [2.45, 2.75) is 18.5 Å². The SMILES string of the molecule is N=C(N)c1cccc(C[C@@](N)(/C=C/C(=O)O)C(=O)NCC(=O)NCc2ccc(C(=N)N)s2)c1. The van der Waals surface area contributed by atoms with Crippen molar-refractivity contribution >= 4 is 40.8 Å². The summed E-state index contributed by atoms with van der Waals surface area (Å²) in [6.07, 6.45) is 1.73. The third-order valence-electron chi connectivity index (χ3n) is 4.48. The van der Waals surface area contributed by atoms with Crippen molar-refractivity contribution in [1.82, 2.24) is 10.6 Å². The monoisotopic (exact) mass is 471 g/mol. The molecule has 0 unspecified atom stereocenters. The lowest BCUT2D eigenvalue weighted by Gasteiger charge is -2.25. The zero-order valence-corrected chi connectivity index (χ0v) is 18.4. The molecule has 0 aliphatic rings. The van der Waals surface area contributed by atoms with Crippen LogP contribution < -0.4 is 27.8 Å². The van der Waals surface area contributed by atoms with Crippen molar-refractivity contribution in [3.05, 3.63) is 69.4 Å². The van der Waals surface area contributed by atoms with E-state index < -0.39 is 23.3 Å². The van der Waals surface area contributed by atoms with Crippen molar-refractivity contribution in [3.63, 3.8) is 0 Å². The second-order valence-corrected chi connectivity index (χ2v) is 8.31. The van der Waals surface area contributed by atoms with Gasteiger partial charge in [0.25, 0.3) is 0 Å². The Balaban J connectivity index is 2.04. The van der Waals surface area contributed by atoms with Crippen molar-refractivity contribution in [3.8, 4) is 0 Å². The summed E-state index contributed by atoms with van der Waals surface area (Å²) in [7, 11) is 0. The van der Waals surface area contributed by atoms with Crippen LogP contribution in [0.25, 0.3) is 0 Å². The molecule has 2 aromatic rings. The maximum atomic E-state index is 12.8. The molecule has 1 atom stereocenters. The van der Waals surface area contributed by atoms with Gasteiger partial charge in [-0.3, -0.25) is 20.4 Å². The van der Waals surface area contributed by atoms with Crippen LogP contribution in [0.4, 0.5) is 0 Å². The van der Waals surface area contributed by atoms with E-state index in [1.165, 1.54) is 11.3 Å². The molecule has 0 aliphatic heterocycles. The van der Waals surface area contributed by atoms with Gasteiger partial charge >= 0.3 is 5.97 Å². The number of hydrogen-bond donors (Lipinski definition) is 8. The highest BCUT2D eigenvalue weighted by atomic mass is 32.1. The topological polar surface area (TPSA) is 221 Å². The van der Waals surface area contributed by atoms with Crippen LogP contribution in [0.2, 0.25) is 0 Å². The average molecular weight is 472 g/mol. The lowest BCUT2D eigenvalue weighted by molar-refractivity contribution is -0.131. The summed E-state index contributed by atoms with van der Waals surface area (Å²) >= 11 is 1.26. The quantitative estimate of drug-likeness (QED) is 0.123. The molecule has 0 saturated heterocycles. The predicted molar refractivity (Wildman–Crippen MR) is 125 cm³/mol. The smallest absolute Gasteiger partial charge is 0.328 e.